The van der Waals surface area contributed by atoms with Crippen LogP contribution in [0.4, 0.5) is 0 Å². The standard InChI is InChI=1S/C11H10ClNO3/c1-7(14)13-10(11(15)16)6-8-3-2-4-9(12)5-8/h2-6H,1H3,(H,13,14)(H,15,16). The van der Waals surface area contributed by atoms with Crippen LogP contribution in [0.5, 0.6) is 0 Å². The first-order chi connectivity index (χ1) is 7.49. The molecule has 0 heterocycles. The Kier molecular flexibility index (Phi) is 4.08. The van der Waals surface area contributed by atoms with Gasteiger partial charge >= 0.3 is 5.97 Å². The number of aliphatic carboxylic acids is 1. The van der Waals surface area contributed by atoms with Gasteiger partial charge in [0.2, 0.25) is 5.91 Å². The first kappa shape index (κ1) is 12.3. The van der Waals surface area contributed by atoms with Gasteiger partial charge in [-0.2, -0.15) is 0 Å². The molecule has 0 atom stereocenters. The third-order valence-corrected chi connectivity index (χ3v) is 1.94. The molecule has 0 unspecified atom stereocenters. The molecule has 0 aliphatic heterocycles. The zero-order valence-electron chi connectivity index (χ0n) is 8.53. The van der Waals surface area contributed by atoms with Crippen molar-refractivity contribution in [3.8, 4) is 0 Å². The van der Waals surface area contributed by atoms with E-state index >= 15 is 0 Å². The van der Waals surface area contributed by atoms with E-state index in [-0.39, 0.29) is 5.70 Å². The average Bonchev–Trinajstić information content (AvgIpc) is 2.15. The monoisotopic (exact) mass is 239 g/mol. The van der Waals surface area contributed by atoms with E-state index in [1.54, 1.807) is 24.3 Å². The molecule has 0 radical (unpaired) electrons. The van der Waals surface area contributed by atoms with Gasteiger partial charge in [-0.3, -0.25) is 4.79 Å². The fourth-order valence-electron chi connectivity index (χ4n) is 1.10. The molecule has 0 saturated carbocycles. The van der Waals surface area contributed by atoms with Crippen molar-refractivity contribution in [1.29, 1.82) is 0 Å². The van der Waals surface area contributed by atoms with E-state index in [2.05, 4.69) is 5.32 Å². The van der Waals surface area contributed by atoms with Crippen LogP contribution in [-0.2, 0) is 9.59 Å². The molecular weight excluding hydrogens is 230 g/mol. The van der Waals surface area contributed by atoms with Crippen molar-refractivity contribution in [2.45, 2.75) is 6.92 Å². The second-order valence-electron chi connectivity index (χ2n) is 3.10. The minimum Gasteiger partial charge on any atom is -0.477 e. The summed E-state index contributed by atoms with van der Waals surface area (Å²) in [4.78, 5) is 21.6. The highest BCUT2D eigenvalue weighted by Gasteiger charge is 2.08. The van der Waals surface area contributed by atoms with Gasteiger partial charge in [0.1, 0.15) is 5.70 Å². The second kappa shape index (κ2) is 5.32. The number of benzene rings is 1. The molecule has 16 heavy (non-hydrogen) atoms. The number of hydrogen-bond acceptors (Lipinski definition) is 2. The van der Waals surface area contributed by atoms with Crippen molar-refractivity contribution in [1.82, 2.24) is 5.32 Å². The lowest BCUT2D eigenvalue weighted by Crippen LogP contribution is -2.24. The molecule has 1 amide bonds. The SMILES string of the molecule is CC(=O)NC(=Cc1cccc(Cl)c1)C(=O)O. The summed E-state index contributed by atoms with van der Waals surface area (Å²) in [6.07, 6.45) is 1.34. The Morgan fingerprint density at radius 2 is 2.12 bits per heavy atom. The Morgan fingerprint density at radius 1 is 1.44 bits per heavy atom. The minimum atomic E-state index is -1.20. The molecule has 1 aromatic rings. The third kappa shape index (κ3) is 3.74. The van der Waals surface area contributed by atoms with Gasteiger partial charge in [-0.05, 0) is 23.8 Å². The molecule has 0 fully saturated rings. The number of amides is 1. The molecule has 5 heteroatoms. The average molecular weight is 240 g/mol. The van der Waals surface area contributed by atoms with Crippen LogP contribution >= 0.6 is 11.6 Å². The third-order valence-electron chi connectivity index (χ3n) is 1.70. The number of halogens is 1. The van der Waals surface area contributed by atoms with E-state index in [0.29, 0.717) is 10.6 Å². The molecule has 0 spiro atoms. The largest absolute Gasteiger partial charge is 0.477 e. The van der Waals surface area contributed by atoms with Gasteiger partial charge in [0, 0.05) is 11.9 Å². The highest BCUT2D eigenvalue weighted by Crippen LogP contribution is 2.13. The van der Waals surface area contributed by atoms with Gasteiger partial charge in [-0.25, -0.2) is 4.79 Å². The Bertz CT molecular complexity index is 454. The van der Waals surface area contributed by atoms with E-state index in [1.807, 2.05) is 0 Å². The normalized spacial score (nSPS) is 11.0. The summed E-state index contributed by atoms with van der Waals surface area (Å²) in [6, 6.07) is 6.67. The first-order valence-corrected chi connectivity index (χ1v) is 4.85. The number of carbonyl (C=O) groups is 2. The maximum atomic E-state index is 10.8. The second-order valence-corrected chi connectivity index (χ2v) is 3.54. The Balaban J connectivity index is 3.02. The summed E-state index contributed by atoms with van der Waals surface area (Å²) >= 11 is 5.75. The zero-order valence-corrected chi connectivity index (χ0v) is 9.28. The molecule has 1 rings (SSSR count). The van der Waals surface area contributed by atoms with Crippen LogP contribution in [0.1, 0.15) is 12.5 Å². The van der Waals surface area contributed by atoms with Gasteiger partial charge in [0.25, 0.3) is 0 Å². The van der Waals surface area contributed by atoms with Gasteiger partial charge in [0.15, 0.2) is 0 Å². The van der Waals surface area contributed by atoms with Gasteiger partial charge in [-0.1, -0.05) is 23.7 Å². The summed E-state index contributed by atoms with van der Waals surface area (Å²) in [5, 5.41) is 11.6. The van der Waals surface area contributed by atoms with E-state index < -0.39 is 11.9 Å². The predicted molar refractivity (Wildman–Crippen MR) is 60.9 cm³/mol. The number of nitrogens with one attached hydrogen (secondary N) is 1. The maximum Gasteiger partial charge on any atom is 0.352 e. The van der Waals surface area contributed by atoms with Crippen molar-refractivity contribution in [3.63, 3.8) is 0 Å². The molecule has 84 valence electrons. The van der Waals surface area contributed by atoms with E-state index in [4.69, 9.17) is 16.7 Å². The quantitative estimate of drug-likeness (QED) is 0.792. The Morgan fingerprint density at radius 3 is 2.62 bits per heavy atom. The number of rotatable bonds is 3. The summed E-state index contributed by atoms with van der Waals surface area (Å²) < 4.78 is 0. The summed E-state index contributed by atoms with van der Waals surface area (Å²) in [5.41, 5.74) is 0.424. The van der Waals surface area contributed by atoms with Crippen molar-refractivity contribution in [2.75, 3.05) is 0 Å². The van der Waals surface area contributed by atoms with Gasteiger partial charge < -0.3 is 10.4 Å². The van der Waals surface area contributed by atoms with Crippen molar-refractivity contribution in [3.05, 3.63) is 40.5 Å². The van der Waals surface area contributed by atoms with Crippen LogP contribution in [0.3, 0.4) is 0 Å². The van der Waals surface area contributed by atoms with Crippen LogP contribution in [0.25, 0.3) is 6.08 Å². The number of carbonyl (C=O) groups excluding carboxylic acids is 1. The predicted octanol–water partition coefficient (Wildman–Crippen LogP) is 1.90. The van der Waals surface area contributed by atoms with Gasteiger partial charge in [-0.15, -0.1) is 0 Å². The molecule has 0 bridgehead atoms. The molecule has 4 nitrogen and oxygen atoms in total. The molecule has 2 N–H and O–H groups in total. The lowest BCUT2D eigenvalue weighted by atomic mass is 10.2. The fourth-order valence-corrected chi connectivity index (χ4v) is 1.30. The number of carboxylic acid groups (broad SMARTS) is 1. The number of hydrogen-bond donors (Lipinski definition) is 2. The van der Waals surface area contributed by atoms with E-state index in [1.165, 1.54) is 13.0 Å². The van der Waals surface area contributed by atoms with Crippen LogP contribution in [0.15, 0.2) is 30.0 Å². The summed E-state index contributed by atoms with van der Waals surface area (Å²) in [5.74, 6) is -1.63. The summed E-state index contributed by atoms with van der Waals surface area (Å²) in [7, 11) is 0. The lowest BCUT2D eigenvalue weighted by Gasteiger charge is -2.02. The minimum absolute atomic E-state index is 0.185. The maximum absolute atomic E-state index is 10.8. The molecule has 0 saturated heterocycles. The first-order valence-electron chi connectivity index (χ1n) is 4.47. The smallest absolute Gasteiger partial charge is 0.352 e. The highest BCUT2D eigenvalue weighted by atomic mass is 35.5. The van der Waals surface area contributed by atoms with Crippen LogP contribution < -0.4 is 5.32 Å². The van der Waals surface area contributed by atoms with E-state index in [9.17, 15) is 9.59 Å². The zero-order chi connectivity index (χ0) is 12.1. The highest BCUT2D eigenvalue weighted by molar-refractivity contribution is 6.30. The van der Waals surface area contributed by atoms with Crippen LogP contribution in [0, 0.1) is 0 Å². The molecule has 0 aliphatic rings. The Labute approximate surface area is 97.5 Å². The summed E-state index contributed by atoms with van der Waals surface area (Å²) in [6.45, 7) is 1.24. The van der Waals surface area contributed by atoms with Crippen LogP contribution in [0.2, 0.25) is 5.02 Å². The van der Waals surface area contributed by atoms with E-state index in [0.717, 1.165) is 0 Å². The van der Waals surface area contributed by atoms with Crippen molar-refractivity contribution < 1.29 is 14.7 Å². The number of carboxylic acids is 1. The van der Waals surface area contributed by atoms with Crippen molar-refractivity contribution in [2.24, 2.45) is 0 Å². The molecule has 1 aromatic carbocycles. The molecule has 0 aliphatic carbocycles. The molecule has 0 aromatic heterocycles. The Hall–Kier alpha value is -1.81. The lowest BCUT2D eigenvalue weighted by molar-refractivity contribution is -0.134. The topological polar surface area (TPSA) is 66.4 Å². The van der Waals surface area contributed by atoms with Crippen molar-refractivity contribution >= 4 is 29.6 Å². The van der Waals surface area contributed by atoms with Crippen LogP contribution in [-0.4, -0.2) is 17.0 Å². The molecular formula is C11H10ClNO3. The van der Waals surface area contributed by atoms with Gasteiger partial charge in [0.05, 0.1) is 0 Å². The fraction of sp³-hybridized carbons (Fsp3) is 0.0909.